The maximum absolute atomic E-state index is 5.63. The third-order valence-electron chi connectivity index (χ3n) is 2.46. The molecule has 0 bridgehead atoms. The van der Waals surface area contributed by atoms with Gasteiger partial charge in [0.2, 0.25) is 0 Å². The van der Waals surface area contributed by atoms with E-state index in [1.807, 2.05) is 18.2 Å². The highest BCUT2D eigenvalue weighted by atomic mass is 16.5. The lowest BCUT2D eigenvalue weighted by Gasteiger charge is -2.10. The first-order valence-corrected chi connectivity index (χ1v) is 5.29. The molecule has 0 aromatic heterocycles. The van der Waals surface area contributed by atoms with E-state index in [9.17, 15) is 0 Å². The van der Waals surface area contributed by atoms with E-state index in [1.165, 1.54) is 10.8 Å². The van der Waals surface area contributed by atoms with Gasteiger partial charge in [-0.3, -0.25) is 0 Å². The molecule has 77 valence electrons. The van der Waals surface area contributed by atoms with Gasteiger partial charge >= 0.3 is 0 Å². The molecule has 2 aromatic carbocycles. The molecule has 0 fully saturated rings. The van der Waals surface area contributed by atoms with Crippen LogP contribution in [0.1, 0.15) is 18.9 Å². The Bertz CT molecular complexity index is 460. The highest BCUT2D eigenvalue weighted by Gasteiger charge is 2.03. The van der Waals surface area contributed by atoms with Gasteiger partial charge in [-0.05, 0) is 30.2 Å². The Morgan fingerprint density at radius 1 is 1.13 bits per heavy atom. The number of benzene rings is 2. The van der Waals surface area contributed by atoms with Gasteiger partial charge in [-0.2, -0.15) is 0 Å². The van der Waals surface area contributed by atoms with E-state index in [0.717, 1.165) is 24.3 Å². The number of rotatable bonds is 3. The van der Waals surface area contributed by atoms with E-state index < -0.39 is 0 Å². The minimum absolute atomic E-state index is 0.751. The molecule has 0 unspecified atom stereocenters. The van der Waals surface area contributed by atoms with Crippen LogP contribution in [-0.2, 0) is 0 Å². The molecule has 0 saturated heterocycles. The number of hydrogen-bond donors (Lipinski definition) is 0. The zero-order valence-corrected chi connectivity index (χ0v) is 8.99. The molecule has 1 radical (unpaired) electrons. The van der Waals surface area contributed by atoms with Crippen LogP contribution < -0.4 is 4.74 Å². The molecule has 0 aliphatic heterocycles. The predicted molar refractivity (Wildman–Crippen MR) is 64.2 cm³/mol. The van der Waals surface area contributed by atoms with Crippen molar-refractivity contribution in [3.63, 3.8) is 0 Å². The fourth-order valence-electron chi connectivity index (χ4n) is 1.66. The van der Waals surface area contributed by atoms with Crippen LogP contribution in [0.5, 0.6) is 5.75 Å². The molecule has 0 spiro atoms. The highest BCUT2D eigenvalue weighted by molar-refractivity contribution is 5.88. The van der Waals surface area contributed by atoms with Crippen LogP contribution >= 0.6 is 0 Å². The Morgan fingerprint density at radius 3 is 2.73 bits per heavy atom. The van der Waals surface area contributed by atoms with Crippen molar-refractivity contribution in [3.8, 4) is 5.75 Å². The number of ether oxygens (including phenoxy) is 1. The summed E-state index contributed by atoms with van der Waals surface area (Å²) in [4.78, 5) is 0. The quantitative estimate of drug-likeness (QED) is 0.730. The van der Waals surface area contributed by atoms with Gasteiger partial charge in [0, 0.05) is 5.56 Å². The van der Waals surface area contributed by atoms with Crippen LogP contribution in [0.15, 0.2) is 36.4 Å². The van der Waals surface area contributed by atoms with Gasteiger partial charge in [0.05, 0.1) is 6.61 Å². The zero-order chi connectivity index (χ0) is 10.7. The Hall–Kier alpha value is -1.50. The molecule has 0 N–H and O–H groups in total. The van der Waals surface area contributed by atoms with Gasteiger partial charge in [-0.15, -0.1) is 0 Å². The molecular weight excluding hydrogens is 184 g/mol. The van der Waals surface area contributed by atoms with Gasteiger partial charge < -0.3 is 4.74 Å². The van der Waals surface area contributed by atoms with E-state index in [1.54, 1.807) is 0 Å². The second-order valence-electron chi connectivity index (χ2n) is 3.61. The van der Waals surface area contributed by atoms with Crippen molar-refractivity contribution in [2.24, 2.45) is 0 Å². The molecule has 15 heavy (non-hydrogen) atoms. The standard InChI is InChI=1S/C14H15O/c1-3-10-15-14-9-8-12-6-4-5-7-13(12)11(14)2/h4-9H,2-3,10H2,1H3. The molecule has 0 amide bonds. The Kier molecular flexibility index (Phi) is 2.91. The average Bonchev–Trinajstić information content (AvgIpc) is 2.29. The summed E-state index contributed by atoms with van der Waals surface area (Å²) in [6, 6.07) is 12.3. The summed E-state index contributed by atoms with van der Waals surface area (Å²) >= 11 is 0. The van der Waals surface area contributed by atoms with Crippen LogP contribution in [0.2, 0.25) is 0 Å². The van der Waals surface area contributed by atoms with Gasteiger partial charge in [-0.25, -0.2) is 0 Å². The van der Waals surface area contributed by atoms with Crippen LogP contribution in [0, 0.1) is 6.92 Å². The predicted octanol–water partition coefficient (Wildman–Crippen LogP) is 3.81. The Balaban J connectivity index is 2.45. The van der Waals surface area contributed by atoms with Crippen LogP contribution in [0.3, 0.4) is 0 Å². The molecule has 0 saturated carbocycles. The molecule has 0 atom stereocenters. The summed E-state index contributed by atoms with van der Waals surface area (Å²) in [5.74, 6) is 0.899. The van der Waals surface area contributed by atoms with E-state index in [0.29, 0.717) is 0 Å². The molecule has 0 aliphatic rings. The molecule has 2 rings (SSSR count). The maximum Gasteiger partial charge on any atom is 0.123 e. The molecule has 1 heteroatoms. The van der Waals surface area contributed by atoms with Crippen molar-refractivity contribution in [2.75, 3.05) is 6.61 Å². The first kappa shape index (κ1) is 10.0. The third-order valence-corrected chi connectivity index (χ3v) is 2.46. The van der Waals surface area contributed by atoms with Crippen molar-refractivity contribution in [3.05, 3.63) is 48.9 Å². The second kappa shape index (κ2) is 4.35. The summed E-state index contributed by atoms with van der Waals surface area (Å²) in [7, 11) is 0. The van der Waals surface area contributed by atoms with Gasteiger partial charge in [0.1, 0.15) is 5.75 Å². The molecule has 0 heterocycles. The summed E-state index contributed by atoms with van der Waals surface area (Å²) in [6.07, 6.45) is 1.02. The number of hydrogen-bond acceptors (Lipinski definition) is 1. The lowest BCUT2D eigenvalue weighted by molar-refractivity contribution is 0.317. The fourth-order valence-corrected chi connectivity index (χ4v) is 1.66. The third kappa shape index (κ3) is 1.96. The number of fused-ring (bicyclic) bond motifs is 1. The lowest BCUT2D eigenvalue weighted by atomic mass is 10.0. The smallest absolute Gasteiger partial charge is 0.123 e. The summed E-state index contributed by atoms with van der Waals surface area (Å²) < 4.78 is 5.63. The summed E-state index contributed by atoms with van der Waals surface area (Å²) in [6.45, 7) is 6.93. The molecular formula is C14H15O. The van der Waals surface area contributed by atoms with Crippen LogP contribution in [0.25, 0.3) is 10.8 Å². The topological polar surface area (TPSA) is 9.23 Å². The van der Waals surface area contributed by atoms with Gasteiger partial charge in [-0.1, -0.05) is 37.3 Å². The van der Waals surface area contributed by atoms with E-state index >= 15 is 0 Å². The van der Waals surface area contributed by atoms with Crippen molar-refractivity contribution in [2.45, 2.75) is 13.3 Å². The van der Waals surface area contributed by atoms with Crippen molar-refractivity contribution in [1.29, 1.82) is 0 Å². The monoisotopic (exact) mass is 199 g/mol. The maximum atomic E-state index is 5.63. The fraction of sp³-hybridized carbons (Fsp3) is 0.214. The Morgan fingerprint density at radius 2 is 1.93 bits per heavy atom. The summed E-state index contributed by atoms with van der Waals surface area (Å²) in [5, 5.41) is 2.39. The van der Waals surface area contributed by atoms with Crippen LogP contribution in [0.4, 0.5) is 0 Å². The molecule has 2 aromatic rings. The second-order valence-corrected chi connectivity index (χ2v) is 3.61. The van der Waals surface area contributed by atoms with Crippen molar-refractivity contribution < 1.29 is 4.74 Å². The normalized spacial score (nSPS) is 10.5. The van der Waals surface area contributed by atoms with E-state index in [2.05, 4.69) is 32.0 Å². The van der Waals surface area contributed by atoms with Crippen LogP contribution in [-0.4, -0.2) is 6.61 Å². The van der Waals surface area contributed by atoms with Gasteiger partial charge in [0.15, 0.2) is 0 Å². The first-order chi connectivity index (χ1) is 7.33. The lowest BCUT2D eigenvalue weighted by Crippen LogP contribution is -1.97. The summed E-state index contributed by atoms with van der Waals surface area (Å²) in [5.41, 5.74) is 0.988. The molecule has 0 aliphatic carbocycles. The Labute approximate surface area is 90.7 Å². The van der Waals surface area contributed by atoms with E-state index in [-0.39, 0.29) is 0 Å². The van der Waals surface area contributed by atoms with Crippen molar-refractivity contribution >= 4 is 10.8 Å². The largest absolute Gasteiger partial charge is 0.493 e. The first-order valence-electron chi connectivity index (χ1n) is 5.29. The SMILES string of the molecule is [CH2]c1c(OCCC)ccc2ccccc12. The average molecular weight is 199 g/mol. The van der Waals surface area contributed by atoms with E-state index in [4.69, 9.17) is 4.74 Å². The minimum atomic E-state index is 0.751. The zero-order valence-electron chi connectivity index (χ0n) is 8.99. The van der Waals surface area contributed by atoms with Gasteiger partial charge in [0.25, 0.3) is 0 Å². The molecule has 1 nitrogen and oxygen atoms in total. The highest BCUT2D eigenvalue weighted by Crippen LogP contribution is 2.26. The van der Waals surface area contributed by atoms with Crippen molar-refractivity contribution in [1.82, 2.24) is 0 Å². The minimum Gasteiger partial charge on any atom is -0.493 e.